The monoisotopic (exact) mass is 540 g/mol. The molecule has 2 saturated carbocycles. The third-order valence-electron chi connectivity index (χ3n) is 7.88. The lowest BCUT2D eigenvalue weighted by Crippen LogP contribution is -2.41. The fraction of sp³-hybridized carbons (Fsp3) is 0.538. The molecule has 12 heteroatoms. The van der Waals surface area contributed by atoms with Gasteiger partial charge in [-0.1, -0.05) is 44.2 Å². The summed E-state index contributed by atoms with van der Waals surface area (Å²) >= 11 is 0. The van der Waals surface area contributed by atoms with E-state index >= 15 is 0 Å². The van der Waals surface area contributed by atoms with E-state index in [2.05, 4.69) is 20.3 Å². The van der Waals surface area contributed by atoms with Gasteiger partial charge in [-0.25, -0.2) is 14.4 Å². The van der Waals surface area contributed by atoms with Crippen molar-refractivity contribution in [1.29, 1.82) is 0 Å². The van der Waals surface area contributed by atoms with Crippen LogP contribution < -0.4 is 20.5 Å². The third-order valence-corrected chi connectivity index (χ3v) is 8.78. The van der Waals surface area contributed by atoms with Gasteiger partial charge in [0.1, 0.15) is 0 Å². The van der Waals surface area contributed by atoms with Crippen LogP contribution in [0.4, 0.5) is 17.5 Å². The minimum atomic E-state index is -4.28. The van der Waals surface area contributed by atoms with Crippen molar-refractivity contribution in [2.75, 3.05) is 9.62 Å². The smallest absolute Gasteiger partial charge is 0.304 e. The molecule has 0 aliphatic heterocycles. The molecule has 2 atom stereocenters. The molecule has 2 aliphatic rings. The molecule has 0 spiro atoms. The quantitative estimate of drug-likeness (QED) is 0.392. The number of carbonyl (C=O) groups is 1. The number of carbonyl (C=O) groups excluding carboxylic acids is 1. The zero-order valence-electron chi connectivity index (χ0n) is 21.7. The summed E-state index contributed by atoms with van der Waals surface area (Å²) in [5.74, 6) is 0.0178. The Morgan fingerprint density at radius 1 is 1.05 bits per heavy atom. The maximum Gasteiger partial charge on any atom is 0.304 e. The van der Waals surface area contributed by atoms with Gasteiger partial charge >= 0.3 is 10.2 Å². The average Bonchev–Trinajstić information content (AvgIpc) is 3.32. The number of aryl methyl sites for hydroxylation is 1. The summed E-state index contributed by atoms with van der Waals surface area (Å²) in [7, 11) is -4.28. The van der Waals surface area contributed by atoms with E-state index in [0.29, 0.717) is 35.7 Å². The Morgan fingerprint density at radius 2 is 1.74 bits per heavy atom. The number of benzene rings is 1. The van der Waals surface area contributed by atoms with Crippen LogP contribution in [0, 0.1) is 5.92 Å². The Balaban J connectivity index is 1.57. The van der Waals surface area contributed by atoms with Crippen molar-refractivity contribution in [3.05, 3.63) is 36.2 Å². The van der Waals surface area contributed by atoms with Crippen LogP contribution in [-0.2, 0) is 21.5 Å². The third kappa shape index (κ3) is 5.32. The molecule has 2 unspecified atom stereocenters. The summed E-state index contributed by atoms with van der Waals surface area (Å²) in [4.78, 5) is 25.8. The van der Waals surface area contributed by atoms with E-state index in [4.69, 9.17) is 10.9 Å². The molecule has 0 bridgehead atoms. The molecule has 0 saturated heterocycles. The van der Waals surface area contributed by atoms with Crippen LogP contribution in [0.25, 0.3) is 11.2 Å². The number of anilines is 3. The number of primary amides is 1. The molecule has 5 rings (SSSR count). The molecule has 1 aromatic carbocycles. The molecule has 1 amide bonds. The number of amides is 1. The number of nitrogens with one attached hydrogen (secondary N) is 1. The first-order chi connectivity index (χ1) is 18.3. The number of nitrogens with two attached hydrogens (primary N) is 2. The van der Waals surface area contributed by atoms with Crippen molar-refractivity contribution in [1.82, 2.24) is 19.5 Å². The van der Waals surface area contributed by atoms with Crippen molar-refractivity contribution in [2.45, 2.75) is 83.2 Å². The Bertz CT molecular complexity index is 1400. The van der Waals surface area contributed by atoms with Crippen molar-refractivity contribution < 1.29 is 13.2 Å². The predicted molar refractivity (Wildman–Crippen MR) is 147 cm³/mol. The van der Waals surface area contributed by atoms with Gasteiger partial charge in [0.15, 0.2) is 17.0 Å². The van der Waals surface area contributed by atoms with Crippen LogP contribution in [0.1, 0.15) is 76.2 Å². The van der Waals surface area contributed by atoms with Crippen LogP contribution in [0.3, 0.4) is 0 Å². The maximum atomic E-state index is 13.0. The van der Waals surface area contributed by atoms with Crippen molar-refractivity contribution in [3.8, 4) is 0 Å². The van der Waals surface area contributed by atoms with E-state index in [1.54, 1.807) is 18.5 Å². The van der Waals surface area contributed by atoms with Crippen LogP contribution >= 0.6 is 0 Å². The van der Waals surface area contributed by atoms with Gasteiger partial charge in [-0.2, -0.15) is 18.4 Å². The first-order valence-corrected chi connectivity index (χ1v) is 15.0. The summed E-state index contributed by atoms with van der Waals surface area (Å²) in [6.45, 7) is 2.52. The lowest BCUT2D eigenvalue weighted by molar-refractivity contribution is -0.122. The van der Waals surface area contributed by atoms with E-state index in [1.165, 1.54) is 24.8 Å². The van der Waals surface area contributed by atoms with Crippen LogP contribution in [-0.4, -0.2) is 39.9 Å². The highest BCUT2D eigenvalue weighted by Gasteiger charge is 2.32. The summed E-state index contributed by atoms with van der Waals surface area (Å²) < 4.78 is 28.8. The van der Waals surface area contributed by atoms with Gasteiger partial charge in [-0.15, -0.1) is 0 Å². The highest BCUT2D eigenvalue weighted by Crippen LogP contribution is 2.36. The van der Waals surface area contributed by atoms with E-state index in [1.807, 2.05) is 23.6 Å². The first-order valence-electron chi connectivity index (χ1n) is 13.5. The highest BCUT2D eigenvalue weighted by atomic mass is 32.2. The molecule has 2 aromatic heterocycles. The topological polar surface area (TPSA) is 162 Å². The van der Waals surface area contributed by atoms with Crippen molar-refractivity contribution in [2.24, 2.45) is 16.8 Å². The van der Waals surface area contributed by atoms with E-state index < -0.39 is 10.2 Å². The zero-order chi connectivity index (χ0) is 26.9. The molecule has 3 aromatic rings. The van der Waals surface area contributed by atoms with Crippen LogP contribution in [0.15, 0.2) is 30.6 Å². The molecule has 0 radical (unpaired) electrons. The minimum Gasteiger partial charge on any atom is -0.369 e. The fourth-order valence-corrected chi connectivity index (χ4v) is 6.67. The second-order valence-corrected chi connectivity index (χ2v) is 11.7. The summed E-state index contributed by atoms with van der Waals surface area (Å²) in [5, 5.41) is 9.04. The molecule has 204 valence electrons. The molecule has 2 heterocycles. The first kappa shape index (κ1) is 26.4. The van der Waals surface area contributed by atoms with E-state index in [9.17, 15) is 13.2 Å². The minimum absolute atomic E-state index is 0.0593. The van der Waals surface area contributed by atoms with Crippen LogP contribution in [0.2, 0.25) is 0 Å². The zero-order valence-corrected chi connectivity index (χ0v) is 22.5. The highest BCUT2D eigenvalue weighted by molar-refractivity contribution is 7.90. The van der Waals surface area contributed by atoms with Gasteiger partial charge in [-0.05, 0) is 56.2 Å². The summed E-state index contributed by atoms with van der Waals surface area (Å²) in [6.07, 6.45) is 10.9. The number of imidazole rings is 1. The lowest BCUT2D eigenvalue weighted by atomic mass is 9.84. The average molecular weight is 541 g/mol. The number of aromatic nitrogens is 4. The standard InChI is InChI=1S/C26H36N8O3S/c1-2-33-16-29-22-24(33)31-26(30-21-11-7-6-10-20(21)23(27)35)32-25(22)34(38(28,36)37)19-14-12-18(13-15-19)17-8-4-3-5-9-17/h12-17,20-21H,2-11H2,1H3,(H2,27,35)(H2,28,36,37)(H,30,31,32). The second kappa shape index (κ2) is 10.9. The van der Waals surface area contributed by atoms with Crippen LogP contribution in [0.5, 0.6) is 0 Å². The molecule has 2 aliphatic carbocycles. The van der Waals surface area contributed by atoms with Gasteiger partial charge in [0.25, 0.3) is 0 Å². The fourth-order valence-electron chi connectivity index (χ4n) is 5.88. The van der Waals surface area contributed by atoms with Gasteiger partial charge in [0.2, 0.25) is 11.9 Å². The normalized spacial score (nSPS) is 20.9. The van der Waals surface area contributed by atoms with E-state index in [0.717, 1.165) is 36.4 Å². The SMILES string of the molecule is CCn1cnc2c(N(c3ccc(C4CCCCC4)cc3)S(N)(=O)=O)nc(NC3CCCCC3C(N)=O)nc21. The Hall–Kier alpha value is -3.25. The number of hydrogen-bond acceptors (Lipinski definition) is 7. The second-order valence-electron chi connectivity index (χ2n) is 10.4. The Morgan fingerprint density at radius 3 is 2.39 bits per heavy atom. The predicted octanol–water partition coefficient (Wildman–Crippen LogP) is 3.69. The Labute approximate surface area is 223 Å². The molecule has 38 heavy (non-hydrogen) atoms. The number of fused-ring (bicyclic) bond motifs is 1. The van der Waals surface area contributed by atoms with Gasteiger partial charge in [0.05, 0.1) is 17.9 Å². The lowest BCUT2D eigenvalue weighted by Gasteiger charge is -2.30. The number of nitrogens with zero attached hydrogens (tertiary/aromatic N) is 5. The largest absolute Gasteiger partial charge is 0.369 e. The number of hydrogen-bond donors (Lipinski definition) is 3. The molecular weight excluding hydrogens is 504 g/mol. The van der Waals surface area contributed by atoms with Crippen molar-refractivity contribution >= 4 is 44.7 Å². The van der Waals surface area contributed by atoms with Crippen molar-refractivity contribution in [3.63, 3.8) is 0 Å². The Kier molecular flexibility index (Phi) is 7.53. The summed E-state index contributed by atoms with van der Waals surface area (Å²) in [6, 6.07) is 7.26. The summed E-state index contributed by atoms with van der Waals surface area (Å²) in [5.41, 5.74) is 8.03. The molecule has 2 fully saturated rings. The van der Waals surface area contributed by atoms with Gasteiger partial charge in [-0.3, -0.25) is 4.79 Å². The molecule has 11 nitrogen and oxygen atoms in total. The van der Waals surface area contributed by atoms with Gasteiger partial charge < -0.3 is 15.6 Å². The molecular formula is C26H36N8O3S. The maximum absolute atomic E-state index is 13.0. The van der Waals surface area contributed by atoms with E-state index in [-0.39, 0.29) is 29.6 Å². The molecule has 5 N–H and O–H groups in total. The number of rotatable bonds is 8. The van der Waals surface area contributed by atoms with Gasteiger partial charge in [0, 0.05) is 12.6 Å².